The number of rotatable bonds is 9. The highest BCUT2D eigenvalue weighted by atomic mass is 32.2. The van der Waals surface area contributed by atoms with E-state index in [2.05, 4.69) is 10.2 Å². The Labute approximate surface area is 165 Å². The van der Waals surface area contributed by atoms with Crippen molar-refractivity contribution in [2.24, 2.45) is 0 Å². The molecule has 10 heteroatoms. The first-order valence-electron chi connectivity index (χ1n) is 9.37. The maximum Gasteiger partial charge on any atom is 0.232 e. The third-order valence-corrected chi connectivity index (χ3v) is 5.86. The number of hydrogen-bond donors (Lipinski definition) is 1. The van der Waals surface area contributed by atoms with Gasteiger partial charge in [-0.05, 0) is 18.6 Å². The van der Waals surface area contributed by atoms with Gasteiger partial charge in [-0.2, -0.15) is 0 Å². The SMILES string of the molecule is CS(=O)(=O)N(CCCC(=O)NCCN1CCOCC1)c1ccc2c(c1)OCO2. The molecule has 2 aliphatic rings. The predicted molar refractivity (Wildman–Crippen MR) is 104 cm³/mol. The fraction of sp³-hybridized carbons (Fsp3) is 0.611. The molecular formula is C18H27N3O6S. The molecule has 1 aromatic rings. The van der Waals surface area contributed by atoms with Gasteiger partial charge in [-0.1, -0.05) is 0 Å². The summed E-state index contributed by atoms with van der Waals surface area (Å²) in [5.41, 5.74) is 0.500. The summed E-state index contributed by atoms with van der Waals surface area (Å²) in [4.78, 5) is 14.3. The minimum absolute atomic E-state index is 0.0765. The fourth-order valence-electron chi connectivity index (χ4n) is 3.18. The number of sulfonamides is 1. The molecule has 0 atom stereocenters. The topological polar surface area (TPSA) is 97.4 Å². The van der Waals surface area contributed by atoms with Gasteiger partial charge in [0.2, 0.25) is 22.7 Å². The minimum Gasteiger partial charge on any atom is -0.454 e. The first-order valence-corrected chi connectivity index (χ1v) is 11.2. The lowest BCUT2D eigenvalue weighted by molar-refractivity contribution is -0.121. The standard InChI is InChI=1S/C18H27N3O6S/c1-28(23,24)21(15-4-5-16-17(13-15)27-14-26-16)7-2-3-18(22)19-6-8-20-9-11-25-12-10-20/h4-5,13H,2-3,6-12,14H2,1H3,(H,19,22). The van der Waals surface area contributed by atoms with Crippen molar-refractivity contribution in [2.75, 3.05) is 63.3 Å². The van der Waals surface area contributed by atoms with Gasteiger partial charge in [0.25, 0.3) is 0 Å². The van der Waals surface area contributed by atoms with E-state index >= 15 is 0 Å². The van der Waals surface area contributed by atoms with E-state index in [0.717, 1.165) is 39.1 Å². The normalized spacial score (nSPS) is 16.8. The summed E-state index contributed by atoms with van der Waals surface area (Å²) in [6.45, 7) is 4.95. The number of carbonyl (C=O) groups is 1. The largest absolute Gasteiger partial charge is 0.454 e. The van der Waals surface area contributed by atoms with Crippen molar-refractivity contribution < 1.29 is 27.4 Å². The number of carbonyl (C=O) groups excluding carboxylic acids is 1. The number of benzene rings is 1. The Kier molecular flexibility index (Phi) is 6.97. The molecule has 1 aromatic carbocycles. The van der Waals surface area contributed by atoms with Crippen LogP contribution in [-0.2, 0) is 19.6 Å². The Hall–Kier alpha value is -2.04. The van der Waals surface area contributed by atoms with Crippen LogP contribution in [0.25, 0.3) is 0 Å². The molecule has 0 aliphatic carbocycles. The lowest BCUT2D eigenvalue weighted by Gasteiger charge is -2.26. The smallest absolute Gasteiger partial charge is 0.232 e. The second kappa shape index (κ2) is 9.44. The van der Waals surface area contributed by atoms with Gasteiger partial charge in [-0.15, -0.1) is 0 Å². The highest BCUT2D eigenvalue weighted by Crippen LogP contribution is 2.36. The van der Waals surface area contributed by atoms with Gasteiger partial charge in [0.1, 0.15) is 0 Å². The van der Waals surface area contributed by atoms with Gasteiger partial charge in [-0.25, -0.2) is 8.42 Å². The Balaban J connectivity index is 1.45. The molecular weight excluding hydrogens is 386 g/mol. The van der Waals surface area contributed by atoms with Crippen LogP contribution in [0.3, 0.4) is 0 Å². The van der Waals surface area contributed by atoms with Crippen molar-refractivity contribution in [3.05, 3.63) is 18.2 Å². The molecule has 156 valence electrons. The highest BCUT2D eigenvalue weighted by molar-refractivity contribution is 7.92. The van der Waals surface area contributed by atoms with E-state index in [-0.39, 0.29) is 25.7 Å². The van der Waals surface area contributed by atoms with Crippen LogP contribution in [0.4, 0.5) is 5.69 Å². The van der Waals surface area contributed by atoms with E-state index in [9.17, 15) is 13.2 Å². The van der Waals surface area contributed by atoms with Crippen molar-refractivity contribution in [3.63, 3.8) is 0 Å². The van der Waals surface area contributed by atoms with Gasteiger partial charge >= 0.3 is 0 Å². The molecule has 1 amide bonds. The summed E-state index contributed by atoms with van der Waals surface area (Å²) in [5.74, 6) is 1.04. The van der Waals surface area contributed by atoms with Crippen molar-refractivity contribution in [2.45, 2.75) is 12.8 Å². The van der Waals surface area contributed by atoms with Crippen LogP contribution >= 0.6 is 0 Å². The fourth-order valence-corrected chi connectivity index (χ4v) is 4.13. The summed E-state index contributed by atoms with van der Waals surface area (Å²) >= 11 is 0. The van der Waals surface area contributed by atoms with E-state index in [1.807, 2.05) is 0 Å². The number of fused-ring (bicyclic) bond motifs is 1. The van der Waals surface area contributed by atoms with Crippen molar-refractivity contribution in [3.8, 4) is 11.5 Å². The number of ether oxygens (including phenoxy) is 3. The van der Waals surface area contributed by atoms with Crippen LogP contribution in [0.2, 0.25) is 0 Å². The van der Waals surface area contributed by atoms with Crippen LogP contribution in [0, 0.1) is 0 Å². The van der Waals surface area contributed by atoms with E-state index in [1.165, 1.54) is 4.31 Å². The van der Waals surface area contributed by atoms with Crippen molar-refractivity contribution in [1.82, 2.24) is 10.2 Å². The molecule has 0 unspecified atom stereocenters. The highest BCUT2D eigenvalue weighted by Gasteiger charge is 2.21. The van der Waals surface area contributed by atoms with Gasteiger partial charge < -0.3 is 19.5 Å². The molecule has 2 aliphatic heterocycles. The number of nitrogens with one attached hydrogen (secondary N) is 1. The van der Waals surface area contributed by atoms with E-state index in [0.29, 0.717) is 30.2 Å². The maximum absolute atomic E-state index is 12.2. The van der Waals surface area contributed by atoms with Crippen molar-refractivity contribution >= 4 is 21.6 Å². The summed E-state index contributed by atoms with van der Waals surface area (Å²) < 4.78 is 41.5. The van der Waals surface area contributed by atoms with Crippen LogP contribution in [-0.4, -0.2) is 78.2 Å². The molecule has 0 bridgehead atoms. The van der Waals surface area contributed by atoms with E-state index in [1.54, 1.807) is 18.2 Å². The Bertz CT molecular complexity index is 780. The van der Waals surface area contributed by atoms with Gasteiger partial charge in [0.05, 0.1) is 25.2 Å². The monoisotopic (exact) mass is 413 g/mol. The zero-order valence-electron chi connectivity index (χ0n) is 16.1. The minimum atomic E-state index is -3.48. The average Bonchev–Trinajstić information content (AvgIpc) is 3.13. The summed E-state index contributed by atoms with van der Waals surface area (Å²) in [6.07, 6.45) is 1.84. The molecule has 0 aromatic heterocycles. The average molecular weight is 413 g/mol. The van der Waals surface area contributed by atoms with Crippen LogP contribution < -0.4 is 19.1 Å². The molecule has 1 fully saturated rings. The molecule has 2 heterocycles. The number of amides is 1. The Morgan fingerprint density at radius 2 is 1.96 bits per heavy atom. The molecule has 9 nitrogen and oxygen atoms in total. The lowest BCUT2D eigenvalue weighted by Crippen LogP contribution is -2.41. The number of nitrogens with zero attached hydrogens (tertiary/aromatic N) is 2. The van der Waals surface area contributed by atoms with Crippen LogP contribution in [0.15, 0.2) is 18.2 Å². The zero-order chi connectivity index (χ0) is 20.0. The van der Waals surface area contributed by atoms with Gasteiger partial charge in [-0.3, -0.25) is 14.0 Å². The molecule has 1 N–H and O–H groups in total. The second-order valence-corrected chi connectivity index (χ2v) is 8.69. The molecule has 0 saturated carbocycles. The molecule has 3 rings (SSSR count). The molecule has 28 heavy (non-hydrogen) atoms. The summed E-state index contributed by atoms with van der Waals surface area (Å²) in [6, 6.07) is 5.01. The first-order chi connectivity index (χ1) is 13.4. The van der Waals surface area contributed by atoms with E-state index in [4.69, 9.17) is 14.2 Å². The third kappa shape index (κ3) is 5.73. The van der Waals surface area contributed by atoms with Crippen molar-refractivity contribution in [1.29, 1.82) is 0 Å². The molecule has 1 saturated heterocycles. The predicted octanol–water partition coefficient (Wildman–Crippen LogP) is 0.410. The van der Waals surface area contributed by atoms with Crippen LogP contribution in [0.5, 0.6) is 11.5 Å². The van der Waals surface area contributed by atoms with Crippen LogP contribution in [0.1, 0.15) is 12.8 Å². The second-order valence-electron chi connectivity index (χ2n) is 6.78. The number of hydrogen-bond acceptors (Lipinski definition) is 7. The first kappa shape index (κ1) is 20.7. The molecule has 0 radical (unpaired) electrons. The lowest BCUT2D eigenvalue weighted by atomic mass is 10.2. The van der Waals surface area contributed by atoms with E-state index < -0.39 is 10.0 Å². The summed E-state index contributed by atoms with van der Waals surface area (Å²) in [5, 5.41) is 2.89. The Morgan fingerprint density at radius 1 is 1.21 bits per heavy atom. The quantitative estimate of drug-likeness (QED) is 0.626. The molecule has 0 spiro atoms. The Morgan fingerprint density at radius 3 is 2.71 bits per heavy atom. The number of morpholine rings is 1. The van der Waals surface area contributed by atoms with Gasteiger partial charge in [0.15, 0.2) is 11.5 Å². The maximum atomic E-state index is 12.2. The third-order valence-electron chi connectivity index (χ3n) is 4.66. The zero-order valence-corrected chi connectivity index (χ0v) is 16.9. The summed E-state index contributed by atoms with van der Waals surface area (Å²) in [7, 11) is -3.48. The van der Waals surface area contributed by atoms with Gasteiger partial charge in [0, 0.05) is 45.2 Å². The number of anilines is 1.